The summed E-state index contributed by atoms with van der Waals surface area (Å²) in [6.07, 6.45) is -5.62. The van der Waals surface area contributed by atoms with Gasteiger partial charge in [-0.1, -0.05) is 0 Å². The molecule has 2 N–H and O–H groups in total. The average Bonchev–Trinajstić information content (AvgIpc) is 2.40. The first-order chi connectivity index (χ1) is 11.0. The minimum atomic E-state index is -4.23. The van der Waals surface area contributed by atoms with Gasteiger partial charge in [-0.25, -0.2) is 4.79 Å². The number of aliphatic imine (C=N–C) groups is 1. The van der Waals surface area contributed by atoms with Crippen LogP contribution in [0.4, 0.5) is 18.0 Å². The van der Waals surface area contributed by atoms with Gasteiger partial charge in [0.2, 0.25) is 0 Å². The first kappa shape index (κ1) is 22.3. The molecule has 0 rings (SSSR count). The number of guanidine groups is 1. The van der Waals surface area contributed by atoms with Crippen molar-refractivity contribution in [3.8, 4) is 0 Å². The van der Waals surface area contributed by atoms with Crippen molar-refractivity contribution in [3.63, 3.8) is 0 Å². The number of ether oxygens (including phenoxy) is 1. The summed E-state index contributed by atoms with van der Waals surface area (Å²) in [6, 6.07) is 0. The van der Waals surface area contributed by atoms with Gasteiger partial charge in [-0.3, -0.25) is 4.99 Å². The van der Waals surface area contributed by atoms with Gasteiger partial charge in [0.1, 0.15) is 5.60 Å². The maximum absolute atomic E-state index is 12.2. The van der Waals surface area contributed by atoms with Crippen molar-refractivity contribution < 1.29 is 22.7 Å². The Hall–Kier alpha value is -1.67. The third-order valence-corrected chi connectivity index (χ3v) is 2.72. The Bertz CT molecular complexity index is 407. The number of nitrogens with zero attached hydrogens (tertiary/aromatic N) is 2. The monoisotopic (exact) mass is 354 g/mol. The zero-order valence-corrected chi connectivity index (χ0v) is 15.1. The van der Waals surface area contributed by atoms with E-state index in [2.05, 4.69) is 15.6 Å². The lowest BCUT2D eigenvalue weighted by molar-refractivity contribution is -0.132. The van der Waals surface area contributed by atoms with Gasteiger partial charge in [-0.15, -0.1) is 0 Å². The summed E-state index contributed by atoms with van der Waals surface area (Å²) in [5, 5.41) is 5.78. The minimum Gasteiger partial charge on any atom is -0.444 e. The molecule has 0 bridgehead atoms. The molecule has 0 saturated carbocycles. The molecule has 6 nitrogen and oxygen atoms in total. The molecular formula is C15H29F3N4O2. The summed E-state index contributed by atoms with van der Waals surface area (Å²) in [5.74, 6) is 0.294. The van der Waals surface area contributed by atoms with Gasteiger partial charge in [-0.05, 0) is 34.6 Å². The largest absolute Gasteiger partial charge is 0.444 e. The van der Waals surface area contributed by atoms with Crippen LogP contribution < -0.4 is 10.6 Å². The van der Waals surface area contributed by atoms with Crippen molar-refractivity contribution in [1.29, 1.82) is 0 Å². The fourth-order valence-corrected chi connectivity index (χ4v) is 1.65. The number of carbonyl (C=O) groups is 1. The van der Waals surface area contributed by atoms with Gasteiger partial charge >= 0.3 is 12.3 Å². The molecule has 9 heteroatoms. The summed E-state index contributed by atoms with van der Waals surface area (Å²) < 4.78 is 41.7. The molecule has 0 saturated heterocycles. The third kappa shape index (κ3) is 11.8. The number of hydrogen-bond donors (Lipinski definition) is 2. The van der Waals surface area contributed by atoms with E-state index in [-0.39, 0.29) is 6.54 Å². The van der Waals surface area contributed by atoms with Crippen LogP contribution in [0.15, 0.2) is 4.99 Å². The van der Waals surface area contributed by atoms with E-state index in [1.54, 1.807) is 20.8 Å². The first-order valence-electron chi connectivity index (χ1n) is 8.05. The molecule has 0 aromatic heterocycles. The Kier molecular flexibility index (Phi) is 9.53. The third-order valence-electron chi connectivity index (χ3n) is 2.72. The van der Waals surface area contributed by atoms with Crippen LogP contribution in [0.25, 0.3) is 0 Å². The Morgan fingerprint density at radius 1 is 1.17 bits per heavy atom. The lowest BCUT2D eigenvalue weighted by atomic mass is 10.2. The maximum atomic E-state index is 12.2. The van der Waals surface area contributed by atoms with Crippen molar-refractivity contribution in [2.45, 2.75) is 52.8 Å². The molecule has 0 atom stereocenters. The fraction of sp³-hybridized carbons (Fsp3) is 0.867. The summed E-state index contributed by atoms with van der Waals surface area (Å²) in [7, 11) is 0. The highest BCUT2D eigenvalue weighted by molar-refractivity contribution is 5.79. The number of hydrogen-bond acceptors (Lipinski definition) is 3. The summed E-state index contributed by atoms with van der Waals surface area (Å²) in [6.45, 7) is 10.4. The number of nitrogens with one attached hydrogen (secondary N) is 2. The van der Waals surface area contributed by atoms with Gasteiger partial charge in [0.15, 0.2) is 5.96 Å². The second-order valence-electron chi connectivity index (χ2n) is 6.11. The highest BCUT2D eigenvalue weighted by Crippen LogP contribution is 2.18. The van der Waals surface area contributed by atoms with Crippen LogP contribution in [0.1, 0.15) is 41.0 Å². The highest BCUT2D eigenvalue weighted by Gasteiger charge is 2.26. The topological polar surface area (TPSA) is 66.0 Å². The SMILES string of the molecule is CCNC(=NCCC(F)(F)F)NCCN(CC)C(=O)OC(C)(C)C. The molecule has 0 unspecified atom stereocenters. The van der Waals surface area contributed by atoms with Crippen LogP contribution in [-0.4, -0.2) is 61.5 Å². The molecule has 0 aromatic rings. The van der Waals surface area contributed by atoms with E-state index in [9.17, 15) is 18.0 Å². The highest BCUT2D eigenvalue weighted by atomic mass is 19.4. The Labute approximate surface area is 141 Å². The Morgan fingerprint density at radius 3 is 2.25 bits per heavy atom. The van der Waals surface area contributed by atoms with Crippen molar-refractivity contribution in [2.24, 2.45) is 4.99 Å². The predicted octanol–water partition coefficient (Wildman–Crippen LogP) is 2.75. The van der Waals surface area contributed by atoms with E-state index in [1.165, 1.54) is 4.90 Å². The summed E-state index contributed by atoms with van der Waals surface area (Å²) in [4.78, 5) is 17.4. The normalized spacial score (nSPS) is 12.8. The zero-order valence-electron chi connectivity index (χ0n) is 15.1. The number of amides is 1. The van der Waals surface area contributed by atoms with Crippen molar-refractivity contribution in [3.05, 3.63) is 0 Å². The van der Waals surface area contributed by atoms with Gasteiger partial charge in [0.05, 0.1) is 13.0 Å². The number of alkyl halides is 3. The molecule has 0 aliphatic rings. The van der Waals surface area contributed by atoms with Crippen molar-refractivity contribution in [2.75, 3.05) is 32.7 Å². The van der Waals surface area contributed by atoms with Crippen LogP contribution in [0, 0.1) is 0 Å². The summed E-state index contributed by atoms with van der Waals surface area (Å²) in [5.41, 5.74) is -0.577. The van der Waals surface area contributed by atoms with Crippen molar-refractivity contribution >= 4 is 12.1 Å². The van der Waals surface area contributed by atoms with Gasteiger partial charge in [0, 0.05) is 26.2 Å². The molecule has 24 heavy (non-hydrogen) atoms. The van der Waals surface area contributed by atoms with Crippen LogP contribution in [0.3, 0.4) is 0 Å². The molecule has 0 fully saturated rings. The lowest BCUT2D eigenvalue weighted by Crippen LogP contribution is -2.44. The van der Waals surface area contributed by atoms with E-state index < -0.39 is 24.3 Å². The molecular weight excluding hydrogens is 325 g/mol. The lowest BCUT2D eigenvalue weighted by Gasteiger charge is -2.26. The second kappa shape index (κ2) is 10.2. The minimum absolute atomic E-state index is 0.294. The van der Waals surface area contributed by atoms with E-state index >= 15 is 0 Å². The molecule has 0 spiro atoms. The summed E-state index contributed by atoms with van der Waals surface area (Å²) >= 11 is 0. The molecule has 1 amide bonds. The zero-order chi connectivity index (χ0) is 18.8. The molecule has 0 heterocycles. The standard InChI is InChI=1S/C15H29F3N4O2/c1-6-19-12(20-9-8-15(16,17)18)21-10-11-22(7-2)13(23)24-14(3,4)5/h6-11H2,1-5H3,(H2,19,20,21). The fourth-order valence-electron chi connectivity index (χ4n) is 1.65. The Morgan fingerprint density at radius 2 is 1.79 bits per heavy atom. The van der Waals surface area contributed by atoms with E-state index in [0.29, 0.717) is 32.1 Å². The molecule has 0 aromatic carbocycles. The van der Waals surface area contributed by atoms with Crippen LogP contribution in [-0.2, 0) is 4.74 Å². The van der Waals surface area contributed by atoms with E-state index in [0.717, 1.165) is 0 Å². The maximum Gasteiger partial charge on any atom is 0.410 e. The van der Waals surface area contributed by atoms with Gasteiger partial charge < -0.3 is 20.3 Å². The quantitative estimate of drug-likeness (QED) is 0.545. The van der Waals surface area contributed by atoms with Crippen LogP contribution in [0.5, 0.6) is 0 Å². The smallest absolute Gasteiger partial charge is 0.410 e. The van der Waals surface area contributed by atoms with Gasteiger partial charge in [-0.2, -0.15) is 13.2 Å². The average molecular weight is 354 g/mol. The van der Waals surface area contributed by atoms with Crippen LogP contribution in [0.2, 0.25) is 0 Å². The van der Waals surface area contributed by atoms with Crippen LogP contribution >= 0.6 is 0 Å². The number of likely N-dealkylation sites (N-methyl/N-ethyl adjacent to an activating group) is 1. The van der Waals surface area contributed by atoms with E-state index in [4.69, 9.17) is 4.74 Å². The van der Waals surface area contributed by atoms with Crippen molar-refractivity contribution in [1.82, 2.24) is 15.5 Å². The molecule has 0 aliphatic heterocycles. The molecule has 0 radical (unpaired) electrons. The second-order valence-corrected chi connectivity index (χ2v) is 6.11. The van der Waals surface area contributed by atoms with E-state index in [1.807, 2.05) is 13.8 Å². The number of carbonyl (C=O) groups excluding carboxylic acids is 1. The predicted molar refractivity (Wildman–Crippen MR) is 88.1 cm³/mol. The molecule has 142 valence electrons. The Balaban J connectivity index is 4.42. The molecule has 0 aliphatic carbocycles. The number of rotatable bonds is 7. The number of halogens is 3. The first-order valence-corrected chi connectivity index (χ1v) is 8.05. The van der Waals surface area contributed by atoms with Gasteiger partial charge in [0.25, 0.3) is 0 Å².